The van der Waals surface area contributed by atoms with Crippen LogP contribution < -0.4 is 10.9 Å². The summed E-state index contributed by atoms with van der Waals surface area (Å²) in [5.74, 6) is 0.179. The average molecular weight is 384 g/mol. The van der Waals surface area contributed by atoms with Crippen molar-refractivity contribution in [2.45, 2.75) is 25.3 Å². The first-order valence-corrected chi connectivity index (χ1v) is 10.3. The van der Waals surface area contributed by atoms with E-state index in [1.54, 1.807) is 12.1 Å². The molecule has 3 atom stereocenters. The van der Waals surface area contributed by atoms with Crippen molar-refractivity contribution in [3.8, 4) is 0 Å². The van der Waals surface area contributed by atoms with Crippen LogP contribution >= 0.6 is 0 Å². The van der Waals surface area contributed by atoms with Gasteiger partial charge in [0.05, 0.1) is 12.6 Å². The van der Waals surface area contributed by atoms with Crippen molar-refractivity contribution in [3.63, 3.8) is 0 Å². The van der Waals surface area contributed by atoms with Gasteiger partial charge in [0.1, 0.15) is 5.82 Å². The molecule has 0 radical (unpaired) electrons. The highest BCUT2D eigenvalue weighted by molar-refractivity contribution is 5.22. The zero-order chi connectivity index (χ0) is 19.4. The number of hydrazine groups is 1. The second-order valence-electron chi connectivity index (χ2n) is 8.48. The van der Waals surface area contributed by atoms with Crippen LogP contribution in [-0.2, 0) is 6.42 Å². The van der Waals surface area contributed by atoms with Gasteiger partial charge in [-0.3, -0.25) is 5.43 Å². The molecule has 0 spiro atoms. The van der Waals surface area contributed by atoms with Crippen LogP contribution in [0.25, 0.3) is 0 Å². The lowest BCUT2D eigenvalue weighted by Gasteiger charge is -2.43. The minimum Gasteiger partial charge on any atom is -0.396 e. The Morgan fingerprint density at radius 1 is 1.14 bits per heavy atom. The lowest BCUT2D eigenvalue weighted by Crippen LogP contribution is -2.48. The molecule has 150 valence electrons. The predicted octanol–water partition coefficient (Wildman–Crippen LogP) is 2.91. The maximum Gasteiger partial charge on any atom is 0.123 e. The number of benzene rings is 2. The fourth-order valence-corrected chi connectivity index (χ4v) is 4.92. The molecule has 0 bridgehead atoms. The molecular weight excluding hydrogens is 353 g/mol. The Balaban J connectivity index is 1.44. The Kier molecular flexibility index (Phi) is 6.07. The molecule has 4 rings (SSSR count). The summed E-state index contributed by atoms with van der Waals surface area (Å²) in [6, 6.07) is 17.5. The van der Waals surface area contributed by atoms with Crippen molar-refractivity contribution in [1.29, 1.82) is 0 Å². The standard InChI is InChI=1S/C23H30FN3O/c24-21-9-4-8-19(12-21)22-20(14-25-26-22)15-27-11-5-10-23(16-27,17-28)13-18-6-2-1-3-7-18/h1-4,6-9,12,20,22,25-26,28H,5,10-11,13-17H2. The van der Waals surface area contributed by atoms with Crippen LogP contribution in [0.2, 0.25) is 0 Å². The number of halogens is 1. The topological polar surface area (TPSA) is 47.5 Å². The third-order valence-electron chi connectivity index (χ3n) is 6.29. The Labute approximate surface area is 166 Å². The summed E-state index contributed by atoms with van der Waals surface area (Å²) in [6.07, 6.45) is 3.07. The number of piperidine rings is 1. The number of hydrogen-bond acceptors (Lipinski definition) is 4. The van der Waals surface area contributed by atoms with E-state index >= 15 is 0 Å². The Bertz CT molecular complexity index is 771. The van der Waals surface area contributed by atoms with Gasteiger partial charge in [-0.2, -0.15) is 0 Å². The number of nitrogens with zero attached hydrogens (tertiary/aromatic N) is 1. The summed E-state index contributed by atoms with van der Waals surface area (Å²) in [7, 11) is 0. The minimum absolute atomic E-state index is 0.0760. The highest BCUT2D eigenvalue weighted by atomic mass is 19.1. The molecule has 0 aromatic heterocycles. The smallest absolute Gasteiger partial charge is 0.123 e. The molecular formula is C23H30FN3O. The molecule has 2 fully saturated rings. The van der Waals surface area contributed by atoms with E-state index in [9.17, 15) is 9.50 Å². The molecule has 0 saturated carbocycles. The molecule has 0 amide bonds. The molecule has 3 N–H and O–H groups in total. The Morgan fingerprint density at radius 2 is 2.00 bits per heavy atom. The van der Waals surface area contributed by atoms with Gasteiger partial charge in [-0.15, -0.1) is 0 Å². The second-order valence-corrected chi connectivity index (χ2v) is 8.48. The van der Waals surface area contributed by atoms with Crippen LogP contribution in [0.15, 0.2) is 54.6 Å². The molecule has 2 aliphatic rings. The zero-order valence-corrected chi connectivity index (χ0v) is 16.3. The molecule has 2 aromatic rings. The molecule has 3 unspecified atom stereocenters. The van der Waals surface area contributed by atoms with Gasteiger partial charge in [0, 0.05) is 31.0 Å². The number of hydrogen-bond donors (Lipinski definition) is 3. The van der Waals surface area contributed by atoms with E-state index in [2.05, 4.69) is 40.0 Å². The number of likely N-dealkylation sites (tertiary alicyclic amines) is 1. The summed E-state index contributed by atoms with van der Waals surface area (Å²) in [4.78, 5) is 2.49. The molecule has 2 saturated heterocycles. The molecule has 28 heavy (non-hydrogen) atoms. The van der Waals surface area contributed by atoms with Crippen LogP contribution in [-0.4, -0.2) is 42.8 Å². The van der Waals surface area contributed by atoms with Crippen LogP contribution in [0, 0.1) is 17.2 Å². The molecule has 0 aliphatic carbocycles. The van der Waals surface area contributed by atoms with E-state index in [1.807, 2.05) is 12.1 Å². The van der Waals surface area contributed by atoms with Crippen LogP contribution in [0.5, 0.6) is 0 Å². The monoisotopic (exact) mass is 383 g/mol. The quantitative estimate of drug-likeness (QED) is 0.718. The minimum atomic E-state index is -0.190. The van der Waals surface area contributed by atoms with E-state index in [4.69, 9.17) is 0 Å². The van der Waals surface area contributed by atoms with Gasteiger partial charge >= 0.3 is 0 Å². The number of nitrogens with one attached hydrogen (secondary N) is 2. The third-order valence-corrected chi connectivity index (χ3v) is 6.29. The first kappa shape index (κ1) is 19.5. The first-order valence-electron chi connectivity index (χ1n) is 10.3. The summed E-state index contributed by atoms with van der Waals surface area (Å²) in [5, 5.41) is 10.2. The summed E-state index contributed by atoms with van der Waals surface area (Å²) >= 11 is 0. The van der Waals surface area contributed by atoms with Crippen molar-refractivity contribution < 1.29 is 9.50 Å². The highest BCUT2D eigenvalue weighted by Gasteiger charge is 2.37. The Hall–Kier alpha value is -1.79. The lowest BCUT2D eigenvalue weighted by atomic mass is 9.75. The van der Waals surface area contributed by atoms with Gasteiger partial charge in [0.15, 0.2) is 0 Å². The van der Waals surface area contributed by atoms with Gasteiger partial charge in [-0.25, -0.2) is 9.82 Å². The number of aliphatic hydroxyl groups is 1. The first-order chi connectivity index (χ1) is 13.7. The second kappa shape index (κ2) is 8.70. The molecule has 4 nitrogen and oxygen atoms in total. The molecule has 5 heteroatoms. The van der Waals surface area contributed by atoms with Crippen molar-refractivity contribution in [3.05, 3.63) is 71.5 Å². The fourth-order valence-electron chi connectivity index (χ4n) is 4.92. The normalized spacial score (nSPS) is 28.5. The van der Waals surface area contributed by atoms with Crippen molar-refractivity contribution in [2.75, 3.05) is 32.8 Å². The summed E-state index contributed by atoms with van der Waals surface area (Å²) < 4.78 is 13.7. The SMILES string of the molecule is OCC1(Cc2ccccc2)CCCN(CC2CNNC2c2cccc(F)c2)C1. The zero-order valence-electron chi connectivity index (χ0n) is 16.3. The predicted molar refractivity (Wildman–Crippen MR) is 109 cm³/mol. The lowest BCUT2D eigenvalue weighted by molar-refractivity contribution is 0.0255. The molecule has 2 aliphatic heterocycles. The van der Waals surface area contributed by atoms with Gasteiger partial charge < -0.3 is 10.0 Å². The van der Waals surface area contributed by atoms with Crippen molar-refractivity contribution in [1.82, 2.24) is 15.8 Å². The fraction of sp³-hybridized carbons (Fsp3) is 0.478. The van der Waals surface area contributed by atoms with Gasteiger partial charge in [0.2, 0.25) is 0 Å². The van der Waals surface area contributed by atoms with E-state index in [-0.39, 0.29) is 23.9 Å². The summed E-state index contributed by atoms with van der Waals surface area (Å²) in [6.45, 7) is 3.99. The van der Waals surface area contributed by atoms with Crippen LogP contribution in [0.4, 0.5) is 4.39 Å². The number of rotatable bonds is 6. The van der Waals surface area contributed by atoms with E-state index in [1.165, 1.54) is 11.6 Å². The molecule has 2 heterocycles. The van der Waals surface area contributed by atoms with Crippen LogP contribution in [0.3, 0.4) is 0 Å². The van der Waals surface area contributed by atoms with Gasteiger partial charge in [-0.05, 0) is 49.1 Å². The number of aliphatic hydroxyl groups excluding tert-OH is 1. The maximum absolute atomic E-state index is 13.7. The van der Waals surface area contributed by atoms with Crippen molar-refractivity contribution in [2.24, 2.45) is 11.3 Å². The van der Waals surface area contributed by atoms with Crippen LogP contribution in [0.1, 0.15) is 30.0 Å². The largest absolute Gasteiger partial charge is 0.396 e. The van der Waals surface area contributed by atoms with E-state index in [0.29, 0.717) is 5.92 Å². The third kappa shape index (κ3) is 4.44. The average Bonchev–Trinajstić information content (AvgIpc) is 3.17. The molecule has 2 aromatic carbocycles. The maximum atomic E-state index is 13.7. The van der Waals surface area contributed by atoms with E-state index < -0.39 is 0 Å². The summed E-state index contributed by atoms with van der Waals surface area (Å²) in [5.41, 5.74) is 8.78. The highest BCUT2D eigenvalue weighted by Crippen LogP contribution is 2.35. The Morgan fingerprint density at radius 3 is 2.79 bits per heavy atom. The van der Waals surface area contributed by atoms with Gasteiger partial charge in [0.25, 0.3) is 0 Å². The van der Waals surface area contributed by atoms with Gasteiger partial charge in [-0.1, -0.05) is 42.5 Å². The van der Waals surface area contributed by atoms with Crippen molar-refractivity contribution >= 4 is 0 Å². The van der Waals surface area contributed by atoms with E-state index in [0.717, 1.165) is 51.0 Å².